The Balaban J connectivity index is 2.86. The Morgan fingerprint density at radius 3 is 2.44 bits per heavy atom. The summed E-state index contributed by atoms with van der Waals surface area (Å²) in [6, 6.07) is 8.84. The number of carbonyl (C=O) groups is 1. The lowest BCUT2D eigenvalue weighted by molar-refractivity contribution is -0.136. The smallest absolute Gasteiger partial charge is 0.303 e. The van der Waals surface area contributed by atoms with Gasteiger partial charge in [-0.2, -0.15) is 0 Å². The molecular weight excluding hydrogens is 251 g/mol. The molecule has 1 aromatic carbocycles. The molecule has 100 valence electrons. The Labute approximate surface area is 107 Å². The van der Waals surface area contributed by atoms with Gasteiger partial charge in [0.1, 0.15) is 0 Å². The van der Waals surface area contributed by atoms with Crippen molar-refractivity contribution in [1.82, 2.24) is 0 Å². The second-order valence-corrected chi connectivity index (χ2v) is 7.13. The highest BCUT2D eigenvalue weighted by Gasteiger charge is 2.26. The first-order chi connectivity index (χ1) is 8.44. The molecule has 0 fully saturated rings. The molecule has 1 rings (SSSR count). The summed E-state index contributed by atoms with van der Waals surface area (Å²) in [4.78, 5) is 10.6. The van der Waals surface area contributed by atoms with Crippen molar-refractivity contribution in [2.75, 3.05) is 12.8 Å². The van der Waals surface area contributed by atoms with E-state index in [1.807, 2.05) is 19.9 Å². The van der Waals surface area contributed by atoms with Crippen LogP contribution in [0.4, 0.5) is 0 Å². The van der Waals surface area contributed by atoms with Gasteiger partial charge in [0.2, 0.25) is 7.37 Å². The highest BCUT2D eigenvalue weighted by atomic mass is 31.2. The maximum Gasteiger partial charge on any atom is 0.303 e. The van der Waals surface area contributed by atoms with Crippen LogP contribution in [0.2, 0.25) is 0 Å². The van der Waals surface area contributed by atoms with Crippen LogP contribution in [-0.2, 0) is 13.9 Å². The number of carboxylic acids is 1. The van der Waals surface area contributed by atoms with Gasteiger partial charge < -0.3 is 9.63 Å². The third-order valence-electron chi connectivity index (χ3n) is 2.39. The molecule has 5 heteroatoms. The predicted octanol–water partition coefficient (Wildman–Crippen LogP) is 2.74. The molecule has 0 aliphatic heterocycles. The van der Waals surface area contributed by atoms with Gasteiger partial charge >= 0.3 is 5.97 Å². The molecule has 0 aromatic heterocycles. The largest absolute Gasteiger partial charge is 0.481 e. The van der Waals surface area contributed by atoms with Gasteiger partial charge in [-0.15, -0.1) is 0 Å². The average molecular weight is 270 g/mol. The zero-order chi connectivity index (χ0) is 13.6. The first kappa shape index (κ1) is 14.9. The molecule has 0 amide bonds. The van der Waals surface area contributed by atoms with Crippen molar-refractivity contribution in [2.45, 2.75) is 20.3 Å². The topological polar surface area (TPSA) is 63.6 Å². The fraction of sp³-hybridized carbons (Fsp3) is 0.462. The van der Waals surface area contributed by atoms with Crippen LogP contribution in [-0.4, -0.2) is 23.8 Å². The molecule has 1 aromatic rings. The molecule has 0 bridgehead atoms. The lowest BCUT2D eigenvalue weighted by Gasteiger charge is -2.19. The van der Waals surface area contributed by atoms with Gasteiger partial charge in [0, 0.05) is 11.5 Å². The third-order valence-corrected chi connectivity index (χ3v) is 4.85. The van der Waals surface area contributed by atoms with E-state index >= 15 is 0 Å². The molecule has 0 spiro atoms. The lowest BCUT2D eigenvalue weighted by atomic mass is 10.2. The van der Waals surface area contributed by atoms with Gasteiger partial charge in [0.15, 0.2) is 0 Å². The Bertz CT molecular complexity index is 428. The quantitative estimate of drug-likeness (QED) is 0.774. The van der Waals surface area contributed by atoms with E-state index in [1.54, 1.807) is 24.3 Å². The molecule has 0 aliphatic carbocycles. The van der Waals surface area contributed by atoms with Crippen LogP contribution >= 0.6 is 7.37 Å². The van der Waals surface area contributed by atoms with E-state index in [4.69, 9.17) is 9.63 Å². The predicted molar refractivity (Wildman–Crippen MR) is 71.6 cm³/mol. The number of aliphatic carboxylic acids is 1. The van der Waals surface area contributed by atoms with Gasteiger partial charge in [0.25, 0.3) is 0 Å². The van der Waals surface area contributed by atoms with Crippen molar-refractivity contribution in [2.24, 2.45) is 5.92 Å². The summed E-state index contributed by atoms with van der Waals surface area (Å²) in [5, 5.41) is 9.31. The Kier molecular flexibility index (Phi) is 5.57. The Morgan fingerprint density at radius 1 is 1.33 bits per heavy atom. The molecule has 0 heterocycles. The van der Waals surface area contributed by atoms with E-state index in [0.29, 0.717) is 11.9 Å². The molecule has 1 N–H and O–H groups in total. The summed E-state index contributed by atoms with van der Waals surface area (Å²) in [6.45, 7) is 4.30. The third kappa shape index (κ3) is 4.63. The minimum atomic E-state index is -3.06. The standard InChI is InChI=1S/C13H19O4P/c1-11(2)10-17-18(16,9-8-13(14)15)12-6-4-3-5-7-12/h3-7,11H,8-10H2,1-2H3,(H,14,15). The lowest BCUT2D eigenvalue weighted by Crippen LogP contribution is -2.14. The van der Waals surface area contributed by atoms with Crippen LogP contribution in [0.1, 0.15) is 20.3 Å². The van der Waals surface area contributed by atoms with Crippen molar-refractivity contribution in [3.8, 4) is 0 Å². The van der Waals surface area contributed by atoms with Crippen LogP contribution in [0.5, 0.6) is 0 Å². The second kappa shape index (κ2) is 6.72. The average Bonchev–Trinajstić information content (AvgIpc) is 2.35. The summed E-state index contributed by atoms with van der Waals surface area (Å²) in [7, 11) is -3.06. The Hall–Kier alpha value is -1.12. The molecule has 4 nitrogen and oxygen atoms in total. The summed E-state index contributed by atoms with van der Waals surface area (Å²) >= 11 is 0. The molecule has 0 saturated carbocycles. The van der Waals surface area contributed by atoms with Crippen molar-refractivity contribution in [1.29, 1.82) is 0 Å². The van der Waals surface area contributed by atoms with E-state index < -0.39 is 13.3 Å². The molecule has 18 heavy (non-hydrogen) atoms. The number of hydrogen-bond donors (Lipinski definition) is 1. The van der Waals surface area contributed by atoms with E-state index in [-0.39, 0.29) is 18.5 Å². The van der Waals surface area contributed by atoms with E-state index in [9.17, 15) is 9.36 Å². The summed E-state index contributed by atoms with van der Waals surface area (Å²) in [6.07, 6.45) is -0.108. The van der Waals surface area contributed by atoms with Crippen LogP contribution in [0.25, 0.3) is 0 Å². The molecule has 0 radical (unpaired) electrons. The SMILES string of the molecule is CC(C)COP(=O)(CCC(=O)O)c1ccccc1. The molecule has 1 atom stereocenters. The van der Waals surface area contributed by atoms with Crippen LogP contribution in [0.15, 0.2) is 30.3 Å². The van der Waals surface area contributed by atoms with Crippen LogP contribution in [0, 0.1) is 5.92 Å². The zero-order valence-electron chi connectivity index (χ0n) is 10.7. The summed E-state index contributed by atoms with van der Waals surface area (Å²) in [5.41, 5.74) is 0. The highest BCUT2D eigenvalue weighted by Crippen LogP contribution is 2.46. The Morgan fingerprint density at radius 2 is 1.94 bits per heavy atom. The van der Waals surface area contributed by atoms with Crippen LogP contribution in [0.3, 0.4) is 0 Å². The van der Waals surface area contributed by atoms with E-state index in [2.05, 4.69) is 0 Å². The molecule has 0 saturated heterocycles. The maximum absolute atomic E-state index is 12.7. The molecular formula is C13H19O4P. The van der Waals surface area contributed by atoms with Gasteiger partial charge in [-0.1, -0.05) is 32.0 Å². The number of carboxylic acid groups (broad SMARTS) is 1. The second-order valence-electron chi connectivity index (χ2n) is 4.57. The first-order valence-corrected chi connectivity index (χ1v) is 7.76. The monoisotopic (exact) mass is 270 g/mol. The van der Waals surface area contributed by atoms with Crippen molar-refractivity contribution < 1.29 is 19.0 Å². The minimum absolute atomic E-state index is 0.0407. The first-order valence-electron chi connectivity index (χ1n) is 5.95. The van der Waals surface area contributed by atoms with Gasteiger partial charge in [-0.05, 0) is 18.1 Å². The van der Waals surface area contributed by atoms with E-state index in [1.165, 1.54) is 0 Å². The van der Waals surface area contributed by atoms with E-state index in [0.717, 1.165) is 0 Å². The van der Waals surface area contributed by atoms with Crippen molar-refractivity contribution in [3.63, 3.8) is 0 Å². The molecule has 0 aliphatic rings. The fourth-order valence-corrected chi connectivity index (χ4v) is 3.62. The number of benzene rings is 1. The summed E-state index contributed by atoms with van der Waals surface area (Å²) in [5.74, 6) is -0.703. The van der Waals surface area contributed by atoms with Crippen molar-refractivity contribution in [3.05, 3.63) is 30.3 Å². The zero-order valence-corrected chi connectivity index (χ0v) is 11.6. The van der Waals surface area contributed by atoms with Gasteiger partial charge in [0.05, 0.1) is 13.0 Å². The van der Waals surface area contributed by atoms with Crippen molar-refractivity contribution >= 4 is 18.6 Å². The fourth-order valence-electron chi connectivity index (χ4n) is 1.44. The van der Waals surface area contributed by atoms with Crippen LogP contribution < -0.4 is 5.30 Å². The number of hydrogen-bond acceptors (Lipinski definition) is 3. The van der Waals surface area contributed by atoms with Gasteiger partial charge in [-0.25, -0.2) is 0 Å². The molecule has 1 unspecified atom stereocenters. The summed E-state index contributed by atoms with van der Waals surface area (Å²) < 4.78 is 18.3. The van der Waals surface area contributed by atoms with Gasteiger partial charge in [-0.3, -0.25) is 9.36 Å². The highest BCUT2D eigenvalue weighted by molar-refractivity contribution is 7.67. The number of rotatable bonds is 7. The minimum Gasteiger partial charge on any atom is -0.481 e. The normalized spacial score (nSPS) is 14.4. The maximum atomic E-state index is 12.7.